The van der Waals surface area contributed by atoms with Gasteiger partial charge < -0.3 is 11.1 Å². The van der Waals surface area contributed by atoms with Gasteiger partial charge in [-0.15, -0.1) is 0 Å². The van der Waals surface area contributed by atoms with Gasteiger partial charge in [0.05, 0.1) is 0 Å². The summed E-state index contributed by atoms with van der Waals surface area (Å²) in [5.41, 5.74) is 5.44. The van der Waals surface area contributed by atoms with Gasteiger partial charge in [0.25, 0.3) is 0 Å². The molecule has 1 aromatic heterocycles. The van der Waals surface area contributed by atoms with Crippen molar-refractivity contribution < 1.29 is 0 Å². The Labute approximate surface area is 70.4 Å². The van der Waals surface area contributed by atoms with Crippen LogP contribution in [0.2, 0.25) is 0 Å². The van der Waals surface area contributed by atoms with Gasteiger partial charge in [-0.25, -0.2) is 9.97 Å². The molecule has 0 bridgehead atoms. The van der Waals surface area contributed by atoms with Crippen LogP contribution in [0.25, 0.3) is 0 Å². The molecule has 1 unspecified atom stereocenters. The van der Waals surface area contributed by atoms with Gasteiger partial charge in [-0.1, -0.05) is 0 Å². The summed E-state index contributed by atoms with van der Waals surface area (Å²) in [7, 11) is 0. The Bertz CT molecular complexity index is 268. The zero-order valence-electron chi connectivity index (χ0n) is 6.70. The molecule has 0 aromatic carbocycles. The lowest BCUT2D eigenvalue weighted by molar-refractivity contribution is 0.696. The lowest BCUT2D eigenvalue weighted by Crippen LogP contribution is -2.11. The highest BCUT2D eigenvalue weighted by molar-refractivity contribution is 5.15. The van der Waals surface area contributed by atoms with E-state index in [4.69, 9.17) is 5.73 Å². The Kier molecular flexibility index (Phi) is 1.87. The zero-order chi connectivity index (χ0) is 8.39. The number of hydrogen-bond acceptors (Lipinski definition) is 5. The molecule has 1 aliphatic heterocycles. The van der Waals surface area contributed by atoms with Crippen LogP contribution in [0, 0.1) is 0 Å². The second-order valence-corrected chi connectivity index (χ2v) is 2.89. The van der Waals surface area contributed by atoms with Crippen molar-refractivity contribution in [2.75, 3.05) is 18.8 Å². The Balaban J connectivity index is 2.21. The predicted molar refractivity (Wildman–Crippen MR) is 44.5 cm³/mol. The molecule has 1 saturated heterocycles. The first-order valence-corrected chi connectivity index (χ1v) is 4.01. The minimum atomic E-state index is 0.312. The number of nitrogens with zero attached hydrogens (tertiary/aromatic N) is 3. The molecular weight excluding hydrogens is 154 g/mol. The zero-order valence-corrected chi connectivity index (χ0v) is 6.70. The molecule has 0 radical (unpaired) electrons. The van der Waals surface area contributed by atoms with Gasteiger partial charge in [0.1, 0.15) is 12.2 Å². The Hall–Kier alpha value is -1.23. The van der Waals surface area contributed by atoms with E-state index in [1.165, 1.54) is 6.33 Å². The first kappa shape index (κ1) is 7.42. The van der Waals surface area contributed by atoms with E-state index in [2.05, 4.69) is 20.3 Å². The third kappa shape index (κ3) is 1.35. The molecule has 0 saturated carbocycles. The second kappa shape index (κ2) is 3.02. The molecule has 1 fully saturated rings. The Morgan fingerprint density at radius 3 is 3.08 bits per heavy atom. The fraction of sp³-hybridized carbons (Fsp3) is 0.571. The number of nitrogens with one attached hydrogen (secondary N) is 1. The third-order valence-corrected chi connectivity index (χ3v) is 2.03. The van der Waals surface area contributed by atoms with E-state index in [1.54, 1.807) is 0 Å². The summed E-state index contributed by atoms with van der Waals surface area (Å²) < 4.78 is 0. The summed E-state index contributed by atoms with van der Waals surface area (Å²) in [6.07, 6.45) is 2.55. The molecule has 64 valence electrons. The Morgan fingerprint density at radius 1 is 1.50 bits per heavy atom. The molecule has 0 amide bonds. The lowest BCUT2D eigenvalue weighted by atomic mass is 10.1. The topological polar surface area (TPSA) is 76.7 Å². The molecule has 5 nitrogen and oxygen atoms in total. The molecule has 1 aromatic rings. The van der Waals surface area contributed by atoms with Crippen molar-refractivity contribution in [2.45, 2.75) is 12.3 Å². The van der Waals surface area contributed by atoms with E-state index in [9.17, 15) is 0 Å². The highest BCUT2D eigenvalue weighted by Gasteiger charge is 2.19. The smallest absolute Gasteiger partial charge is 0.223 e. The van der Waals surface area contributed by atoms with Crippen LogP contribution in [0.5, 0.6) is 0 Å². The maximum Gasteiger partial charge on any atom is 0.223 e. The molecule has 2 heterocycles. The van der Waals surface area contributed by atoms with Crippen LogP contribution in [-0.4, -0.2) is 28.0 Å². The summed E-state index contributed by atoms with van der Waals surface area (Å²) in [6.45, 7) is 1.99. The number of rotatable bonds is 1. The number of anilines is 1. The second-order valence-electron chi connectivity index (χ2n) is 2.89. The normalized spacial score (nSPS) is 22.8. The van der Waals surface area contributed by atoms with E-state index in [0.29, 0.717) is 11.9 Å². The summed E-state index contributed by atoms with van der Waals surface area (Å²) in [6, 6.07) is 0. The average molecular weight is 165 g/mol. The highest BCUT2D eigenvalue weighted by Crippen LogP contribution is 2.17. The third-order valence-electron chi connectivity index (χ3n) is 2.03. The van der Waals surface area contributed by atoms with Gasteiger partial charge in [-0.05, 0) is 13.0 Å². The number of hydrogen-bond donors (Lipinski definition) is 2. The number of nitrogens with two attached hydrogens (primary N) is 1. The van der Waals surface area contributed by atoms with E-state index < -0.39 is 0 Å². The predicted octanol–water partition coefficient (Wildman–Crippen LogP) is -0.469. The van der Waals surface area contributed by atoms with Gasteiger partial charge in [0.15, 0.2) is 0 Å². The summed E-state index contributed by atoms with van der Waals surface area (Å²) in [5, 5.41) is 3.25. The summed E-state index contributed by atoms with van der Waals surface area (Å²) >= 11 is 0. The fourth-order valence-corrected chi connectivity index (χ4v) is 1.39. The lowest BCUT2D eigenvalue weighted by Gasteiger charge is -2.04. The van der Waals surface area contributed by atoms with E-state index in [0.717, 1.165) is 25.3 Å². The summed E-state index contributed by atoms with van der Waals surface area (Å²) in [4.78, 5) is 11.9. The van der Waals surface area contributed by atoms with E-state index >= 15 is 0 Å². The minimum Gasteiger partial charge on any atom is -0.368 e. The highest BCUT2D eigenvalue weighted by atomic mass is 15.1. The molecule has 12 heavy (non-hydrogen) atoms. The maximum atomic E-state index is 5.44. The largest absolute Gasteiger partial charge is 0.368 e. The molecular formula is C7H11N5. The average Bonchev–Trinajstić information content (AvgIpc) is 2.56. The number of nitrogen functional groups attached to an aromatic ring is 1. The molecule has 1 atom stereocenters. The number of aromatic nitrogens is 3. The quantitative estimate of drug-likeness (QED) is 0.588. The molecule has 1 aliphatic rings. The van der Waals surface area contributed by atoms with Crippen LogP contribution in [-0.2, 0) is 0 Å². The van der Waals surface area contributed by atoms with Gasteiger partial charge in [0, 0.05) is 12.5 Å². The molecule has 3 N–H and O–H groups in total. The van der Waals surface area contributed by atoms with Gasteiger partial charge in [-0.2, -0.15) is 4.98 Å². The van der Waals surface area contributed by atoms with Crippen LogP contribution in [0.1, 0.15) is 18.2 Å². The van der Waals surface area contributed by atoms with Crippen LogP contribution in [0.4, 0.5) is 5.95 Å². The van der Waals surface area contributed by atoms with Gasteiger partial charge in [-0.3, -0.25) is 0 Å². The van der Waals surface area contributed by atoms with Crippen molar-refractivity contribution in [3.63, 3.8) is 0 Å². The monoisotopic (exact) mass is 165 g/mol. The van der Waals surface area contributed by atoms with Crippen LogP contribution in [0.15, 0.2) is 6.33 Å². The van der Waals surface area contributed by atoms with Crippen LogP contribution < -0.4 is 11.1 Å². The molecule has 0 spiro atoms. The molecule has 2 rings (SSSR count). The van der Waals surface area contributed by atoms with Crippen LogP contribution >= 0.6 is 0 Å². The maximum absolute atomic E-state index is 5.44. The fourth-order valence-electron chi connectivity index (χ4n) is 1.39. The van der Waals surface area contributed by atoms with E-state index in [1.807, 2.05) is 0 Å². The van der Waals surface area contributed by atoms with Crippen molar-refractivity contribution in [2.24, 2.45) is 0 Å². The molecule has 0 aliphatic carbocycles. The van der Waals surface area contributed by atoms with Crippen molar-refractivity contribution in [1.29, 1.82) is 0 Å². The SMILES string of the molecule is Nc1ncnc(C2CCNC2)n1. The van der Waals surface area contributed by atoms with Gasteiger partial charge >= 0.3 is 0 Å². The van der Waals surface area contributed by atoms with Crippen LogP contribution in [0.3, 0.4) is 0 Å². The first-order valence-electron chi connectivity index (χ1n) is 4.01. The van der Waals surface area contributed by atoms with Crippen molar-refractivity contribution in [3.05, 3.63) is 12.2 Å². The standard InChI is InChI=1S/C7H11N5/c8-7-11-4-10-6(12-7)5-1-2-9-3-5/h4-5,9H,1-3H2,(H2,8,10,11,12). The van der Waals surface area contributed by atoms with Gasteiger partial charge in [0.2, 0.25) is 5.95 Å². The van der Waals surface area contributed by atoms with Crippen molar-refractivity contribution >= 4 is 5.95 Å². The van der Waals surface area contributed by atoms with Crippen molar-refractivity contribution in [3.8, 4) is 0 Å². The first-order chi connectivity index (χ1) is 5.86. The van der Waals surface area contributed by atoms with Crippen molar-refractivity contribution in [1.82, 2.24) is 20.3 Å². The minimum absolute atomic E-state index is 0.312. The molecule has 5 heteroatoms. The Morgan fingerprint density at radius 2 is 2.42 bits per heavy atom. The summed E-state index contributed by atoms with van der Waals surface area (Å²) in [5.74, 6) is 1.54. The van der Waals surface area contributed by atoms with E-state index in [-0.39, 0.29) is 0 Å².